The minimum Gasteiger partial charge on any atom is -0.508 e. The Morgan fingerprint density at radius 2 is 2.00 bits per heavy atom. The van der Waals surface area contributed by atoms with Gasteiger partial charge in [0.05, 0.1) is 29.6 Å². The minimum absolute atomic E-state index is 0.00181. The highest BCUT2D eigenvalue weighted by atomic mass is 19.1. The van der Waals surface area contributed by atoms with Crippen LogP contribution in [-0.4, -0.2) is 76.5 Å². The lowest BCUT2D eigenvalue weighted by atomic mass is 9.78. The third-order valence-electron chi connectivity index (χ3n) is 10.0. The summed E-state index contributed by atoms with van der Waals surface area (Å²) in [6, 6.07) is 6.12. The fourth-order valence-corrected chi connectivity index (χ4v) is 8.05. The van der Waals surface area contributed by atoms with Crippen molar-refractivity contribution >= 4 is 27.5 Å². The fourth-order valence-electron chi connectivity index (χ4n) is 8.05. The zero-order valence-corrected chi connectivity index (χ0v) is 24.5. The number of hydrogen-bond acceptors (Lipinski definition) is 8. The Hall–Kier alpha value is -3.63. The molecule has 2 aromatic carbocycles. The van der Waals surface area contributed by atoms with E-state index in [4.69, 9.17) is 14.5 Å². The molecular formula is C33H35F2N5O3. The number of phenolic OH excluding ortho intramolecular Hbond substituents is 1. The molecule has 6 heterocycles. The van der Waals surface area contributed by atoms with E-state index >= 15 is 4.39 Å². The molecule has 0 bridgehead atoms. The number of aromatic nitrogens is 3. The first-order valence-corrected chi connectivity index (χ1v) is 15.3. The van der Waals surface area contributed by atoms with Gasteiger partial charge >= 0.3 is 6.01 Å². The minimum atomic E-state index is -0.651. The Labute approximate surface area is 248 Å². The lowest BCUT2D eigenvalue weighted by molar-refractivity contribution is -0.127. The number of halogens is 2. The highest BCUT2D eigenvalue weighted by molar-refractivity contribution is 6.01. The number of rotatable bonds is 6. The Kier molecular flexibility index (Phi) is 6.07. The van der Waals surface area contributed by atoms with Crippen LogP contribution in [0.1, 0.15) is 38.7 Å². The van der Waals surface area contributed by atoms with E-state index in [2.05, 4.69) is 26.7 Å². The van der Waals surface area contributed by atoms with Crippen molar-refractivity contribution in [3.8, 4) is 23.0 Å². The number of aryl methyl sites for hydroxylation is 1. The molecule has 43 heavy (non-hydrogen) atoms. The first-order chi connectivity index (χ1) is 20.8. The van der Waals surface area contributed by atoms with Crippen molar-refractivity contribution in [2.45, 2.75) is 45.1 Å². The molecule has 4 saturated heterocycles. The summed E-state index contributed by atoms with van der Waals surface area (Å²) in [5, 5.41) is 12.2. The van der Waals surface area contributed by atoms with Gasteiger partial charge in [-0.3, -0.25) is 9.88 Å². The Morgan fingerprint density at radius 3 is 2.77 bits per heavy atom. The second-order valence-electron chi connectivity index (χ2n) is 13.2. The second kappa shape index (κ2) is 9.69. The van der Waals surface area contributed by atoms with E-state index in [9.17, 15) is 9.50 Å². The third-order valence-corrected chi connectivity index (χ3v) is 10.0. The number of benzene rings is 2. The van der Waals surface area contributed by atoms with Gasteiger partial charge in [-0.15, -0.1) is 0 Å². The molecule has 0 radical (unpaired) electrons. The van der Waals surface area contributed by atoms with Crippen LogP contribution in [0.4, 0.5) is 14.6 Å². The summed E-state index contributed by atoms with van der Waals surface area (Å²) < 4.78 is 43.4. The third kappa shape index (κ3) is 4.17. The maximum Gasteiger partial charge on any atom is 0.319 e. The zero-order valence-electron chi connectivity index (χ0n) is 24.5. The van der Waals surface area contributed by atoms with Crippen molar-refractivity contribution in [1.82, 2.24) is 19.9 Å². The van der Waals surface area contributed by atoms with Crippen LogP contribution in [0.5, 0.6) is 11.8 Å². The van der Waals surface area contributed by atoms with Crippen LogP contribution in [0.25, 0.3) is 32.9 Å². The molecule has 1 spiro atoms. The van der Waals surface area contributed by atoms with Gasteiger partial charge in [0.15, 0.2) is 5.82 Å². The highest BCUT2D eigenvalue weighted by Gasteiger charge is 2.50. The van der Waals surface area contributed by atoms with E-state index in [1.807, 2.05) is 6.92 Å². The van der Waals surface area contributed by atoms with Gasteiger partial charge in [-0.1, -0.05) is 19.9 Å². The summed E-state index contributed by atoms with van der Waals surface area (Å²) in [5.41, 5.74) is 0.952. The van der Waals surface area contributed by atoms with Gasteiger partial charge in [0.1, 0.15) is 35.2 Å². The van der Waals surface area contributed by atoms with Gasteiger partial charge in [-0.25, -0.2) is 8.78 Å². The molecule has 2 aromatic heterocycles. The van der Waals surface area contributed by atoms with E-state index in [-0.39, 0.29) is 39.7 Å². The van der Waals surface area contributed by atoms with E-state index in [1.54, 1.807) is 18.3 Å². The van der Waals surface area contributed by atoms with Crippen LogP contribution in [0, 0.1) is 23.0 Å². The van der Waals surface area contributed by atoms with Crippen LogP contribution in [0.15, 0.2) is 30.5 Å². The molecule has 0 saturated carbocycles. The van der Waals surface area contributed by atoms with Crippen molar-refractivity contribution in [1.29, 1.82) is 0 Å². The van der Waals surface area contributed by atoms with Gasteiger partial charge < -0.3 is 19.5 Å². The first kappa shape index (κ1) is 27.0. The molecule has 8 nitrogen and oxygen atoms in total. The maximum absolute atomic E-state index is 16.7. The average Bonchev–Trinajstić information content (AvgIpc) is 3.46. The smallest absolute Gasteiger partial charge is 0.319 e. The topological polar surface area (TPSA) is 83.8 Å². The Bertz CT molecular complexity index is 1770. The number of fused-ring (bicyclic) bond motifs is 3. The fraction of sp³-hybridized carbons (Fsp3) is 0.485. The second-order valence-corrected chi connectivity index (χ2v) is 13.2. The van der Waals surface area contributed by atoms with E-state index in [0.29, 0.717) is 65.3 Å². The van der Waals surface area contributed by atoms with Crippen molar-refractivity contribution in [3.05, 3.63) is 47.7 Å². The molecule has 4 aliphatic heterocycles. The maximum atomic E-state index is 16.7. The van der Waals surface area contributed by atoms with Crippen molar-refractivity contribution < 1.29 is 23.4 Å². The number of anilines is 1. The van der Waals surface area contributed by atoms with Crippen molar-refractivity contribution in [2.24, 2.45) is 11.3 Å². The number of hydrogen-bond donors (Lipinski definition) is 1. The molecule has 224 valence electrons. The number of phenols is 1. The molecular weight excluding hydrogens is 552 g/mol. The van der Waals surface area contributed by atoms with E-state index in [0.717, 1.165) is 45.4 Å². The predicted molar refractivity (Wildman–Crippen MR) is 160 cm³/mol. The first-order valence-electron chi connectivity index (χ1n) is 15.3. The van der Waals surface area contributed by atoms with Crippen LogP contribution in [-0.2, 0) is 11.2 Å². The van der Waals surface area contributed by atoms with Crippen LogP contribution >= 0.6 is 0 Å². The SMILES string of the molecule is CCc1c(F)ccc2cc(O)cc(-c3ncc4c(N5CC6(COC6)C5)nc(OC[C@@]56CCCN5C[C@H](C)C6)nc4c3F)c12. The van der Waals surface area contributed by atoms with Crippen LogP contribution in [0.3, 0.4) is 0 Å². The monoisotopic (exact) mass is 587 g/mol. The van der Waals surface area contributed by atoms with Gasteiger partial charge in [0, 0.05) is 31.4 Å². The number of nitrogens with zero attached hydrogens (tertiary/aromatic N) is 5. The number of pyridine rings is 1. The van der Waals surface area contributed by atoms with E-state index in [1.165, 1.54) is 12.1 Å². The predicted octanol–water partition coefficient (Wildman–Crippen LogP) is 5.48. The lowest BCUT2D eigenvalue weighted by Gasteiger charge is -2.55. The van der Waals surface area contributed by atoms with Crippen molar-refractivity contribution in [2.75, 3.05) is 50.9 Å². The number of ether oxygens (including phenoxy) is 2. The molecule has 4 aromatic rings. The molecule has 10 heteroatoms. The normalized spacial score (nSPS) is 24.5. The molecule has 4 fully saturated rings. The zero-order chi connectivity index (χ0) is 29.5. The van der Waals surface area contributed by atoms with Crippen LogP contribution < -0.4 is 9.64 Å². The summed E-state index contributed by atoms with van der Waals surface area (Å²) in [6.07, 6.45) is 5.26. The molecule has 2 atom stereocenters. The summed E-state index contributed by atoms with van der Waals surface area (Å²) in [5.74, 6) is 0.111. The van der Waals surface area contributed by atoms with Crippen LogP contribution in [0.2, 0.25) is 0 Å². The molecule has 8 rings (SSSR count). The van der Waals surface area contributed by atoms with Gasteiger partial charge in [-0.05, 0) is 72.7 Å². The van der Waals surface area contributed by atoms with Gasteiger partial charge in [-0.2, -0.15) is 9.97 Å². The summed E-state index contributed by atoms with van der Waals surface area (Å²) in [4.78, 5) is 18.6. The highest BCUT2D eigenvalue weighted by Crippen LogP contribution is 2.45. The average molecular weight is 588 g/mol. The number of aromatic hydroxyl groups is 1. The lowest BCUT2D eigenvalue weighted by Crippen LogP contribution is -2.66. The van der Waals surface area contributed by atoms with Crippen molar-refractivity contribution in [3.63, 3.8) is 0 Å². The summed E-state index contributed by atoms with van der Waals surface area (Å²) in [7, 11) is 0. The molecule has 1 N–H and O–H groups in total. The molecule has 0 unspecified atom stereocenters. The summed E-state index contributed by atoms with van der Waals surface area (Å²) in [6.45, 7) is 9.65. The standard InChI is InChI=1S/C33H35F2N5O3/c1-3-22-25(34)6-5-20-9-21(41)10-23(26(20)22)28-27(35)29-24(12-36-28)30(39-14-32(15-39)16-42-17-32)38-31(37-29)43-18-33-7-4-8-40(33)13-19(2)11-33/h5-6,9-10,12,19,41H,3-4,7-8,11,13-18H2,1-2H3/t19-,33+/m1/s1. The quantitative estimate of drug-likeness (QED) is 0.318. The summed E-state index contributed by atoms with van der Waals surface area (Å²) >= 11 is 0. The largest absolute Gasteiger partial charge is 0.508 e. The Morgan fingerprint density at radius 1 is 1.16 bits per heavy atom. The van der Waals surface area contributed by atoms with Gasteiger partial charge in [0.2, 0.25) is 0 Å². The molecule has 4 aliphatic rings. The molecule has 0 amide bonds. The molecule has 0 aliphatic carbocycles. The Balaban J connectivity index is 1.25. The van der Waals surface area contributed by atoms with Gasteiger partial charge in [0.25, 0.3) is 0 Å². The van der Waals surface area contributed by atoms with E-state index < -0.39 is 5.82 Å².